The van der Waals surface area contributed by atoms with Crippen LogP contribution < -0.4 is 0 Å². The van der Waals surface area contributed by atoms with Crippen LogP contribution in [0.2, 0.25) is 0 Å². The van der Waals surface area contributed by atoms with Gasteiger partial charge in [0.05, 0.1) is 11.4 Å². The van der Waals surface area contributed by atoms with Crippen molar-refractivity contribution in [3.63, 3.8) is 0 Å². The van der Waals surface area contributed by atoms with Crippen LogP contribution in [0.3, 0.4) is 0 Å². The maximum absolute atomic E-state index is 5.12. The summed E-state index contributed by atoms with van der Waals surface area (Å²) in [6, 6.07) is 65.1. The molecule has 238 valence electrons. The van der Waals surface area contributed by atoms with Gasteiger partial charge in [-0.2, -0.15) is 0 Å². The largest absolute Gasteiger partial charge is 0.228 e. The minimum absolute atomic E-state index is 0.715. The van der Waals surface area contributed by atoms with Crippen LogP contribution in [-0.2, 0) is 0 Å². The second kappa shape index (κ2) is 12.2. The summed E-state index contributed by atoms with van der Waals surface area (Å²) in [6.07, 6.45) is 0. The maximum Gasteiger partial charge on any atom is 0.160 e. The molecule has 0 saturated carbocycles. The molecule has 2 heterocycles. The molecule has 0 fully saturated rings. The van der Waals surface area contributed by atoms with Gasteiger partial charge in [0, 0.05) is 26.3 Å². The third-order valence-electron chi connectivity index (χ3n) is 9.89. The second-order valence-corrected chi connectivity index (χ2v) is 14.1. The number of thiophene rings is 1. The molecule has 0 bridgehead atoms. The van der Waals surface area contributed by atoms with Crippen molar-refractivity contribution in [2.45, 2.75) is 0 Å². The van der Waals surface area contributed by atoms with Gasteiger partial charge in [0.15, 0.2) is 5.82 Å². The molecule has 10 aromatic rings. The molecular weight excluding hydrogens is 637 g/mol. The van der Waals surface area contributed by atoms with E-state index >= 15 is 0 Å². The van der Waals surface area contributed by atoms with E-state index in [1.54, 1.807) is 0 Å². The fraction of sp³-hybridized carbons (Fsp3) is 0. The molecule has 0 amide bonds. The number of nitrogens with zero attached hydrogens (tertiary/aromatic N) is 2. The van der Waals surface area contributed by atoms with Crippen LogP contribution in [0.4, 0.5) is 0 Å². The zero-order valence-electron chi connectivity index (χ0n) is 27.6. The summed E-state index contributed by atoms with van der Waals surface area (Å²) < 4.78 is 1.30. The van der Waals surface area contributed by atoms with Crippen molar-refractivity contribution >= 4 is 53.7 Å². The van der Waals surface area contributed by atoms with Gasteiger partial charge >= 0.3 is 0 Å². The molecule has 0 atom stereocenters. The first-order valence-electron chi connectivity index (χ1n) is 17.2. The van der Waals surface area contributed by atoms with E-state index in [9.17, 15) is 0 Å². The molecule has 0 aliphatic heterocycles. The summed E-state index contributed by atoms with van der Waals surface area (Å²) in [4.78, 5) is 11.5. The lowest BCUT2D eigenvalue weighted by atomic mass is 9.89. The second-order valence-electron chi connectivity index (χ2n) is 13.0. The van der Waals surface area contributed by atoms with Crippen molar-refractivity contribution in [3.05, 3.63) is 182 Å². The van der Waals surface area contributed by atoms with E-state index in [2.05, 4.69) is 164 Å². The Kier molecular flexibility index (Phi) is 7.04. The van der Waals surface area contributed by atoms with Crippen LogP contribution in [-0.4, -0.2) is 9.97 Å². The summed E-state index contributed by atoms with van der Waals surface area (Å²) in [5.41, 5.74) is 8.56. The predicted octanol–water partition coefficient (Wildman–Crippen LogP) is 13.5. The average Bonchev–Trinajstić information content (AvgIpc) is 3.65. The molecule has 2 aromatic heterocycles. The van der Waals surface area contributed by atoms with Crippen molar-refractivity contribution in [2.75, 3.05) is 0 Å². The Hall–Kier alpha value is -6.42. The van der Waals surface area contributed by atoms with Crippen molar-refractivity contribution in [1.82, 2.24) is 9.97 Å². The third-order valence-corrected chi connectivity index (χ3v) is 11.1. The Morgan fingerprint density at radius 3 is 1.65 bits per heavy atom. The van der Waals surface area contributed by atoms with Crippen LogP contribution in [0.15, 0.2) is 182 Å². The zero-order chi connectivity index (χ0) is 33.7. The SMILES string of the molecule is c1ccc(-c2nc(-c3ccc(-c4cc5ccccc5s4)cc3)cc(-c3ccc(-c4c5ccccc5cc5c4ccc4ccccc45)cc3)n2)cc1. The summed E-state index contributed by atoms with van der Waals surface area (Å²) in [7, 11) is 0. The Balaban J connectivity index is 1.08. The smallest absolute Gasteiger partial charge is 0.160 e. The van der Waals surface area contributed by atoms with Gasteiger partial charge in [-0.05, 0) is 78.7 Å². The lowest BCUT2D eigenvalue weighted by Gasteiger charge is -2.15. The van der Waals surface area contributed by atoms with Gasteiger partial charge in [0.25, 0.3) is 0 Å². The highest BCUT2D eigenvalue weighted by molar-refractivity contribution is 7.22. The minimum atomic E-state index is 0.715. The van der Waals surface area contributed by atoms with E-state index in [1.807, 2.05) is 29.5 Å². The Morgan fingerprint density at radius 1 is 0.333 bits per heavy atom. The van der Waals surface area contributed by atoms with Gasteiger partial charge < -0.3 is 0 Å². The highest BCUT2D eigenvalue weighted by atomic mass is 32.1. The number of hydrogen-bond donors (Lipinski definition) is 0. The number of hydrogen-bond acceptors (Lipinski definition) is 3. The highest BCUT2D eigenvalue weighted by Gasteiger charge is 2.15. The molecule has 3 heteroatoms. The maximum atomic E-state index is 5.12. The van der Waals surface area contributed by atoms with Gasteiger partial charge in [-0.1, -0.05) is 158 Å². The molecule has 2 nitrogen and oxygen atoms in total. The lowest BCUT2D eigenvalue weighted by Crippen LogP contribution is -1.96. The van der Waals surface area contributed by atoms with Crippen LogP contribution >= 0.6 is 11.3 Å². The average molecular weight is 667 g/mol. The van der Waals surface area contributed by atoms with E-state index in [1.165, 1.54) is 64.0 Å². The van der Waals surface area contributed by atoms with Crippen LogP contribution in [0, 0.1) is 0 Å². The summed E-state index contributed by atoms with van der Waals surface area (Å²) in [5, 5.41) is 8.84. The molecule has 10 rings (SSSR count). The molecule has 0 saturated heterocycles. The summed E-state index contributed by atoms with van der Waals surface area (Å²) >= 11 is 1.83. The molecule has 0 unspecified atom stereocenters. The molecule has 0 N–H and O–H groups in total. The van der Waals surface area contributed by atoms with E-state index in [4.69, 9.17) is 9.97 Å². The summed E-state index contributed by atoms with van der Waals surface area (Å²) in [5.74, 6) is 0.715. The number of fused-ring (bicyclic) bond motifs is 5. The van der Waals surface area contributed by atoms with Crippen molar-refractivity contribution in [1.29, 1.82) is 0 Å². The van der Waals surface area contributed by atoms with Gasteiger partial charge in [-0.25, -0.2) is 9.97 Å². The minimum Gasteiger partial charge on any atom is -0.228 e. The first-order valence-corrected chi connectivity index (χ1v) is 18.0. The standard InChI is InChI=1S/C48H30N2S/c1-2-11-36(12-3-1)48-49-43(32-18-22-34(23-19-32)46-29-38-14-6-9-17-45(38)51-46)30-44(50-48)33-20-24-35(25-21-33)47-40-16-8-5-13-37(40)28-42-39-15-7-4-10-31(39)26-27-41(42)47/h1-30H. The van der Waals surface area contributed by atoms with Crippen LogP contribution in [0.25, 0.3) is 97.9 Å². The quantitative estimate of drug-likeness (QED) is 0.135. The van der Waals surface area contributed by atoms with Crippen LogP contribution in [0.1, 0.15) is 0 Å². The topological polar surface area (TPSA) is 25.8 Å². The fourth-order valence-corrected chi connectivity index (χ4v) is 8.40. The number of aromatic nitrogens is 2. The molecular formula is C48H30N2S. The first kappa shape index (κ1) is 29.5. The Labute approximate surface area is 300 Å². The van der Waals surface area contributed by atoms with Crippen molar-refractivity contribution < 1.29 is 0 Å². The Bertz CT molecular complexity index is 2860. The number of benzene rings is 8. The highest BCUT2D eigenvalue weighted by Crippen LogP contribution is 2.40. The van der Waals surface area contributed by atoms with E-state index in [0.717, 1.165) is 28.1 Å². The van der Waals surface area contributed by atoms with E-state index in [0.29, 0.717) is 5.82 Å². The summed E-state index contributed by atoms with van der Waals surface area (Å²) in [6.45, 7) is 0. The monoisotopic (exact) mass is 666 g/mol. The normalized spacial score (nSPS) is 11.5. The van der Waals surface area contributed by atoms with E-state index in [-0.39, 0.29) is 0 Å². The lowest BCUT2D eigenvalue weighted by molar-refractivity contribution is 1.18. The molecule has 0 radical (unpaired) electrons. The molecule has 0 spiro atoms. The third kappa shape index (κ3) is 5.27. The molecule has 0 aliphatic rings. The van der Waals surface area contributed by atoms with Crippen LogP contribution in [0.5, 0.6) is 0 Å². The van der Waals surface area contributed by atoms with E-state index < -0.39 is 0 Å². The molecule has 8 aromatic carbocycles. The first-order chi connectivity index (χ1) is 25.2. The Morgan fingerprint density at radius 2 is 0.922 bits per heavy atom. The van der Waals surface area contributed by atoms with Crippen molar-refractivity contribution in [2.24, 2.45) is 0 Å². The van der Waals surface area contributed by atoms with Gasteiger partial charge in [-0.3, -0.25) is 0 Å². The zero-order valence-corrected chi connectivity index (χ0v) is 28.4. The van der Waals surface area contributed by atoms with Gasteiger partial charge in [-0.15, -0.1) is 11.3 Å². The molecule has 51 heavy (non-hydrogen) atoms. The van der Waals surface area contributed by atoms with Gasteiger partial charge in [0.2, 0.25) is 0 Å². The number of rotatable bonds is 5. The van der Waals surface area contributed by atoms with Crippen molar-refractivity contribution in [3.8, 4) is 55.5 Å². The molecule has 0 aliphatic carbocycles. The fourth-order valence-electron chi connectivity index (χ4n) is 7.33. The predicted molar refractivity (Wildman–Crippen MR) is 217 cm³/mol. The van der Waals surface area contributed by atoms with Gasteiger partial charge in [0.1, 0.15) is 0 Å².